The van der Waals surface area contributed by atoms with Crippen LogP contribution in [0.3, 0.4) is 0 Å². The first kappa shape index (κ1) is 28.8. The summed E-state index contributed by atoms with van der Waals surface area (Å²) in [5.41, 5.74) is 8.37. The second kappa shape index (κ2) is 16.1. The van der Waals surface area contributed by atoms with Crippen molar-refractivity contribution < 1.29 is 0 Å². The van der Waals surface area contributed by atoms with Gasteiger partial charge in [0.05, 0.1) is 0 Å². The molecule has 0 N–H and O–H groups in total. The average molecular weight is 543 g/mol. The summed E-state index contributed by atoms with van der Waals surface area (Å²) in [4.78, 5) is 2.91. The van der Waals surface area contributed by atoms with Gasteiger partial charge in [0, 0.05) is 9.75 Å². The number of rotatable bonds is 17. The fourth-order valence-corrected chi connectivity index (χ4v) is 7.32. The van der Waals surface area contributed by atoms with Crippen LogP contribution in [0.1, 0.15) is 102 Å². The van der Waals surface area contributed by atoms with Crippen LogP contribution in [0.25, 0.3) is 32.0 Å². The van der Waals surface area contributed by atoms with Gasteiger partial charge in [-0.05, 0) is 82.0 Å². The summed E-state index contributed by atoms with van der Waals surface area (Å²) in [7, 11) is 0. The van der Waals surface area contributed by atoms with Gasteiger partial charge in [0.25, 0.3) is 0 Å². The predicted octanol–water partition coefficient (Wildman–Crippen LogP) is 12.6. The number of benzene rings is 2. The van der Waals surface area contributed by atoms with Crippen LogP contribution in [0.15, 0.2) is 71.4 Å². The van der Waals surface area contributed by atoms with Gasteiger partial charge in [0.1, 0.15) is 0 Å². The molecule has 0 aliphatic carbocycles. The molecule has 0 saturated heterocycles. The zero-order valence-electron chi connectivity index (χ0n) is 23.6. The highest BCUT2D eigenvalue weighted by atomic mass is 32.1. The maximum Gasteiger partial charge on any atom is 0.0374 e. The maximum atomic E-state index is 2.34. The van der Waals surface area contributed by atoms with Crippen molar-refractivity contribution in [2.24, 2.45) is 0 Å². The Balaban J connectivity index is 1.33. The second-order valence-electron chi connectivity index (χ2n) is 10.7. The Labute approximate surface area is 240 Å². The van der Waals surface area contributed by atoms with Gasteiger partial charge in [0.15, 0.2) is 0 Å². The van der Waals surface area contributed by atoms with Crippen molar-refractivity contribution in [1.82, 2.24) is 0 Å². The van der Waals surface area contributed by atoms with Crippen LogP contribution < -0.4 is 0 Å². The first-order valence-corrected chi connectivity index (χ1v) is 16.9. The van der Waals surface area contributed by atoms with Crippen molar-refractivity contribution in [3.8, 4) is 32.0 Å². The van der Waals surface area contributed by atoms with Gasteiger partial charge >= 0.3 is 0 Å². The van der Waals surface area contributed by atoms with Gasteiger partial charge in [-0.3, -0.25) is 0 Å². The molecule has 0 unspecified atom stereocenters. The molecule has 4 rings (SSSR count). The molecule has 0 bridgehead atoms. The lowest BCUT2D eigenvalue weighted by atomic mass is 9.98. The first-order valence-electron chi connectivity index (χ1n) is 15.1. The molecule has 202 valence electrons. The molecule has 2 aromatic carbocycles. The van der Waals surface area contributed by atoms with Crippen molar-refractivity contribution in [2.45, 2.75) is 104 Å². The van der Waals surface area contributed by atoms with Gasteiger partial charge < -0.3 is 0 Å². The molecule has 0 radical (unpaired) electrons. The standard InChI is InChI=1S/C36H46S2/c1-3-5-7-9-11-13-15-31-25-27-37-35(31)33-21-17-29(18-22-33)30-19-23-34(24-20-30)36-32(26-28-38-36)16-14-12-10-8-6-4-2/h17-28H,3-16H2,1-2H3. The van der Waals surface area contributed by atoms with E-state index in [4.69, 9.17) is 0 Å². The van der Waals surface area contributed by atoms with Crippen LogP contribution >= 0.6 is 22.7 Å². The highest BCUT2D eigenvalue weighted by Gasteiger charge is 2.10. The Hall–Kier alpha value is -2.16. The van der Waals surface area contributed by atoms with E-state index in [1.165, 1.54) is 133 Å². The molecule has 0 spiro atoms. The van der Waals surface area contributed by atoms with Gasteiger partial charge in [-0.15, -0.1) is 22.7 Å². The molecular weight excluding hydrogens is 497 g/mol. The van der Waals surface area contributed by atoms with E-state index in [0.29, 0.717) is 0 Å². The molecule has 2 aromatic heterocycles. The number of aryl methyl sites for hydroxylation is 2. The molecule has 2 heterocycles. The summed E-state index contributed by atoms with van der Waals surface area (Å²) in [6, 6.07) is 23.1. The summed E-state index contributed by atoms with van der Waals surface area (Å²) < 4.78 is 0. The molecule has 0 aliphatic heterocycles. The van der Waals surface area contributed by atoms with Crippen molar-refractivity contribution in [3.63, 3.8) is 0 Å². The maximum absolute atomic E-state index is 2.34. The normalized spacial score (nSPS) is 11.3. The van der Waals surface area contributed by atoms with E-state index in [9.17, 15) is 0 Å². The van der Waals surface area contributed by atoms with Crippen molar-refractivity contribution in [2.75, 3.05) is 0 Å². The van der Waals surface area contributed by atoms with E-state index in [-0.39, 0.29) is 0 Å². The van der Waals surface area contributed by atoms with Crippen molar-refractivity contribution in [1.29, 1.82) is 0 Å². The van der Waals surface area contributed by atoms with Gasteiger partial charge in [0.2, 0.25) is 0 Å². The molecule has 38 heavy (non-hydrogen) atoms. The lowest BCUT2D eigenvalue weighted by molar-refractivity contribution is 0.608. The molecule has 4 aromatic rings. The number of unbranched alkanes of at least 4 members (excludes halogenated alkanes) is 10. The van der Waals surface area contributed by atoms with Gasteiger partial charge in [-0.2, -0.15) is 0 Å². The lowest BCUT2D eigenvalue weighted by Gasteiger charge is -2.08. The van der Waals surface area contributed by atoms with E-state index in [0.717, 1.165) is 0 Å². The molecule has 0 fully saturated rings. The fraction of sp³-hybridized carbons (Fsp3) is 0.444. The second-order valence-corrected chi connectivity index (χ2v) is 12.6. The summed E-state index contributed by atoms with van der Waals surface area (Å²) in [6.45, 7) is 4.58. The summed E-state index contributed by atoms with van der Waals surface area (Å²) in [6.07, 6.45) is 18.7. The van der Waals surface area contributed by atoms with E-state index < -0.39 is 0 Å². The third-order valence-electron chi connectivity index (χ3n) is 7.72. The quantitative estimate of drug-likeness (QED) is 0.116. The third kappa shape index (κ3) is 8.42. The fourth-order valence-electron chi connectivity index (χ4n) is 5.39. The Kier molecular flexibility index (Phi) is 12.2. The van der Waals surface area contributed by atoms with Crippen LogP contribution in [0.2, 0.25) is 0 Å². The summed E-state index contributed by atoms with van der Waals surface area (Å²) in [5, 5.41) is 4.53. The van der Waals surface area contributed by atoms with Crippen molar-refractivity contribution >= 4 is 22.7 Å². The number of hydrogen-bond acceptors (Lipinski definition) is 2. The minimum absolute atomic E-state index is 1.21. The summed E-state index contributed by atoms with van der Waals surface area (Å²) >= 11 is 3.78. The third-order valence-corrected chi connectivity index (χ3v) is 9.73. The zero-order valence-corrected chi connectivity index (χ0v) is 25.3. The number of hydrogen-bond donors (Lipinski definition) is 0. The van der Waals surface area contributed by atoms with E-state index in [2.05, 4.69) is 85.3 Å². The molecule has 0 saturated carbocycles. The van der Waals surface area contributed by atoms with Crippen LogP contribution in [0, 0.1) is 0 Å². The predicted molar refractivity (Wildman–Crippen MR) is 173 cm³/mol. The smallest absolute Gasteiger partial charge is 0.0374 e. The summed E-state index contributed by atoms with van der Waals surface area (Å²) in [5.74, 6) is 0. The van der Waals surface area contributed by atoms with Crippen LogP contribution in [-0.2, 0) is 12.8 Å². The highest BCUT2D eigenvalue weighted by Crippen LogP contribution is 2.35. The van der Waals surface area contributed by atoms with Gasteiger partial charge in [-0.1, -0.05) is 127 Å². The Bertz CT molecular complexity index is 1080. The monoisotopic (exact) mass is 542 g/mol. The Morgan fingerprint density at radius 3 is 1.13 bits per heavy atom. The van der Waals surface area contributed by atoms with Crippen LogP contribution in [0.4, 0.5) is 0 Å². The molecule has 0 atom stereocenters. The highest BCUT2D eigenvalue weighted by molar-refractivity contribution is 7.14. The Morgan fingerprint density at radius 2 is 0.737 bits per heavy atom. The largest absolute Gasteiger partial charge is 0.144 e. The average Bonchev–Trinajstić information content (AvgIpc) is 3.63. The van der Waals surface area contributed by atoms with Crippen molar-refractivity contribution in [3.05, 3.63) is 82.6 Å². The molecular formula is C36H46S2. The van der Waals surface area contributed by atoms with E-state index in [1.54, 1.807) is 0 Å². The van der Waals surface area contributed by atoms with Crippen LogP contribution in [0.5, 0.6) is 0 Å². The van der Waals surface area contributed by atoms with Gasteiger partial charge in [-0.25, -0.2) is 0 Å². The topological polar surface area (TPSA) is 0 Å². The Morgan fingerprint density at radius 1 is 0.395 bits per heavy atom. The minimum Gasteiger partial charge on any atom is -0.144 e. The number of thiophene rings is 2. The van der Waals surface area contributed by atoms with Crippen LogP contribution in [-0.4, -0.2) is 0 Å². The molecule has 2 heteroatoms. The van der Waals surface area contributed by atoms with E-state index >= 15 is 0 Å². The van der Waals surface area contributed by atoms with E-state index in [1.807, 2.05) is 22.7 Å². The first-order chi connectivity index (χ1) is 18.8. The zero-order chi connectivity index (χ0) is 26.4. The SMILES string of the molecule is CCCCCCCCc1ccsc1-c1ccc(-c2ccc(-c3sccc3CCCCCCCC)cc2)cc1. The lowest BCUT2D eigenvalue weighted by Crippen LogP contribution is -1.88. The molecule has 0 nitrogen and oxygen atoms in total. The molecule has 0 amide bonds. The molecule has 0 aliphatic rings. The minimum atomic E-state index is 1.21.